The molecule has 0 atom stereocenters. The fraction of sp³-hybridized carbons (Fsp3) is 0.350. The van der Waals surface area contributed by atoms with E-state index in [1.54, 1.807) is 18.4 Å². The highest BCUT2D eigenvalue weighted by atomic mass is 79.9. The second-order valence-corrected chi connectivity index (χ2v) is 8.88. The van der Waals surface area contributed by atoms with E-state index in [0.29, 0.717) is 11.3 Å². The summed E-state index contributed by atoms with van der Waals surface area (Å²) in [4.78, 5) is 40.1. The van der Waals surface area contributed by atoms with Crippen LogP contribution in [0.4, 0.5) is 5.69 Å². The second-order valence-electron chi connectivity index (χ2n) is 6.51. The molecule has 0 aliphatic heterocycles. The molecule has 0 aliphatic rings. The standard InChI is InChI=1S/C20H23BrN2O3S/c1-12-9-15(21)5-6-17(12)22-19(25)11-23(4)20(26)8-7-18(24)16-10-13(2)27-14(16)3/h5-6,9-10H,7-8,11H2,1-4H3,(H,22,25). The van der Waals surface area contributed by atoms with Crippen LogP contribution in [0.5, 0.6) is 0 Å². The van der Waals surface area contributed by atoms with Crippen molar-refractivity contribution in [1.29, 1.82) is 0 Å². The van der Waals surface area contributed by atoms with Crippen LogP contribution in [0.15, 0.2) is 28.7 Å². The van der Waals surface area contributed by atoms with Crippen LogP contribution >= 0.6 is 27.3 Å². The minimum atomic E-state index is -0.271. The van der Waals surface area contributed by atoms with Gasteiger partial charge in [0.05, 0.1) is 6.54 Å². The molecule has 0 fully saturated rings. The van der Waals surface area contributed by atoms with Gasteiger partial charge in [-0.1, -0.05) is 15.9 Å². The van der Waals surface area contributed by atoms with E-state index in [1.165, 1.54) is 4.90 Å². The Hall–Kier alpha value is -1.99. The molecule has 144 valence electrons. The van der Waals surface area contributed by atoms with Crippen LogP contribution in [0.2, 0.25) is 0 Å². The van der Waals surface area contributed by atoms with Gasteiger partial charge in [0, 0.05) is 45.4 Å². The summed E-state index contributed by atoms with van der Waals surface area (Å²) in [6.07, 6.45) is 0.238. The van der Waals surface area contributed by atoms with E-state index >= 15 is 0 Å². The van der Waals surface area contributed by atoms with E-state index in [4.69, 9.17) is 0 Å². The van der Waals surface area contributed by atoms with Crippen LogP contribution < -0.4 is 5.32 Å². The molecular formula is C20H23BrN2O3S. The van der Waals surface area contributed by atoms with Gasteiger partial charge in [0.15, 0.2) is 5.78 Å². The maximum atomic E-state index is 12.3. The first kappa shape index (κ1) is 21.3. The van der Waals surface area contributed by atoms with E-state index in [-0.39, 0.29) is 37.0 Å². The van der Waals surface area contributed by atoms with Gasteiger partial charge >= 0.3 is 0 Å². The quantitative estimate of drug-likeness (QED) is 0.631. The normalized spacial score (nSPS) is 10.6. The number of carbonyl (C=O) groups is 3. The first-order valence-electron chi connectivity index (χ1n) is 8.57. The Balaban J connectivity index is 1.85. The number of hydrogen-bond acceptors (Lipinski definition) is 4. The number of thiophene rings is 1. The van der Waals surface area contributed by atoms with Crippen LogP contribution in [-0.2, 0) is 9.59 Å². The summed E-state index contributed by atoms with van der Waals surface area (Å²) in [5, 5.41) is 2.80. The van der Waals surface area contributed by atoms with Crippen molar-refractivity contribution >= 4 is 50.6 Å². The maximum Gasteiger partial charge on any atom is 0.243 e. The highest BCUT2D eigenvalue weighted by molar-refractivity contribution is 9.10. The molecule has 1 aromatic carbocycles. The molecule has 0 saturated heterocycles. The number of hydrogen-bond donors (Lipinski definition) is 1. The minimum Gasteiger partial charge on any atom is -0.336 e. The number of rotatable bonds is 7. The molecule has 0 spiro atoms. The molecule has 1 aromatic heterocycles. The average Bonchev–Trinajstić information content (AvgIpc) is 2.93. The largest absolute Gasteiger partial charge is 0.336 e. The van der Waals surface area contributed by atoms with Crippen molar-refractivity contribution in [3.05, 3.63) is 49.6 Å². The number of carbonyl (C=O) groups excluding carboxylic acids is 3. The first-order chi connectivity index (χ1) is 12.7. The molecule has 7 heteroatoms. The molecule has 2 aromatic rings. The lowest BCUT2D eigenvalue weighted by molar-refractivity contribution is -0.133. The topological polar surface area (TPSA) is 66.5 Å². The predicted molar refractivity (Wildman–Crippen MR) is 113 cm³/mol. The molecule has 27 heavy (non-hydrogen) atoms. The molecule has 0 bridgehead atoms. The number of nitrogens with one attached hydrogen (secondary N) is 1. The smallest absolute Gasteiger partial charge is 0.243 e. The van der Waals surface area contributed by atoms with E-state index in [2.05, 4.69) is 21.2 Å². The maximum absolute atomic E-state index is 12.3. The molecule has 0 saturated carbocycles. The summed E-state index contributed by atoms with van der Waals surface area (Å²) in [6.45, 7) is 5.71. The summed E-state index contributed by atoms with van der Waals surface area (Å²) in [5.74, 6) is -0.531. The van der Waals surface area contributed by atoms with E-state index < -0.39 is 0 Å². The van der Waals surface area contributed by atoms with Crippen molar-refractivity contribution in [2.75, 3.05) is 18.9 Å². The van der Waals surface area contributed by atoms with Gasteiger partial charge in [-0.25, -0.2) is 0 Å². The Labute approximate surface area is 171 Å². The Morgan fingerprint density at radius 1 is 1.11 bits per heavy atom. The van der Waals surface area contributed by atoms with Crippen LogP contribution in [-0.4, -0.2) is 36.1 Å². The SMILES string of the molecule is Cc1cc(C(=O)CCC(=O)N(C)CC(=O)Nc2ccc(Br)cc2C)c(C)s1. The summed E-state index contributed by atoms with van der Waals surface area (Å²) >= 11 is 4.96. The Morgan fingerprint density at radius 2 is 1.81 bits per heavy atom. The van der Waals surface area contributed by atoms with E-state index in [1.807, 2.05) is 45.0 Å². The van der Waals surface area contributed by atoms with Crippen LogP contribution in [0.3, 0.4) is 0 Å². The molecule has 2 amide bonds. The fourth-order valence-electron chi connectivity index (χ4n) is 2.71. The zero-order chi connectivity index (χ0) is 20.1. The monoisotopic (exact) mass is 450 g/mol. The summed E-state index contributed by atoms with van der Waals surface area (Å²) in [7, 11) is 1.57. The summed E-state index contributed by atoms with van der Waals surface area (Å²) in [6, 6.07) is 7.43. The van der Waals surface area contributed by atoms with Gasteiger partial charge < -0.3 is 10.2 Å². The molecule has 2 rings (SSSR count). The molecule has 0 aliphatic carbocycles. The van der Waals surface area contributed by atoms with Crippen molar-refractivity contribution in [2.24, 2.45) is 0 Å². The van der Waals surface area contributed by atoms with Gasteiger partial charge in [0.2, 0.25) is 11.8 Å². The van der Waals surface area contributed by atoms with Crippen molar-refractivity contribution in [2.45, 2.75) is 33.6 Å². The summed E-state index contributed by atoms with van der Waals surface area (Å²) < 4.78 is 0.936. The number of aryl methyl sites for hydroxylation is 3. The number of benzene rings is 1. The Morgan fingerprint density at radius 3 is 2.41 bits per heavy atom. The van der Waals surface area contributed by atoms with Crippen LogP contribution in [0.25, 0.3) is 0 Å². The van der Waals surface area contributed by atoms with Gasteiger partial charge in [0.1, 0.15) is 0 Å². The first-order valence-corrected chi connectivity index (χ1v) is 10.2. The van der Waals surface area contributed by atoms with Crippen molar-refractivity contribution < 1.29 is 14.4 Å². The minimum absolute atomic E-state index is 0.0338. The van der Waals surface area contributed by atoms with Gasteiger partial charge in [-0.15, -0.1) is 11.3 Å². The van der Waals surface area contributed by atoms with Gasteiger partial charge in [-0.2, -0.15) is 0 Å². The van der Waals surface area contributed by atoms with Gasteiger partial charge in [-0.3, -0.25) is 14.4 Å². The highest BCUT2D eigenvalue weighted by Crippen LogP contribution is 2.22. The number of anilines is 1. The number of amides is 2. The highest BCUT2D eigenvalue weighted by Gasteiger charge is 2.17. The zero-order valence-electron chi connectivity index (χ0n) is 15.9. The fourth-order valence-corrected chi connectivity index (χ4v) is 4.13. The Kier molecular flexibility index (Phi) is 7.33. The molecule has 5 nitrogen and oxygen atoms in total. The van der Waals surface area contributed by atoms with Gasteiger partial charge in [0.25, 0.3) is 0 Å². The van der Waals surface area contributed by atoms with Crippen molar-refractivity contribution in [1.82, 2.24) is 4.90 Å². The summed E-state index contributed by atoms with van der Waals surface area (Å²) in [5.41, 5.74) is 2.33. The van der Waals surface area contributed by atoms with E-state index in [9.17, 15) is 14.4 Å². The third-order valence-corrected chi connectivity index (χ3v) is 5.64. The lowest BCUT2D eigenvalue weighted by Gasteiger charge is -2.17. The molecule has 1 N–H and O–H groups in total. The van der Waals surface area contributed by atoms with Crippen molar-refractivity contribution in [3.8, 4) is 0 Å². The van der Waals surface area contributed by atoms with E-state index in [0.717, 1.165) is 19.8 Å². The molecular weight excluding hydrogens is 428 g/mol. The van der Waals surface area contributed by atoms with Crippen LogP contribution in [0, 0.1) is 20.8 Å². The number of nitrogens with zero attached hydrogens (tertiary/aromatic N) is 1. The number of likely N-dealkylation sites (N-methyl/N-ethyl adjacent to an activating group) is 1. The number of ketones is 1. The van der Waals surface area contributed by atoms with Crippen molar-refractivity contribution in [3.63, 3.8) is 0 Å². The third-order valence-electron chi connectivity index (χ3n) is 4.18. The molecule has 0 radical (unpaired) electrons. The zero-order valence-corrected chi connectivity index (χ0v) is 18.3. The van der Waals surface area contributed by atoms with Crippen LogP contribution in [0.1, 0.15) is 38.5 Å². The third kappa shape index (κ3) is 6.01. The van der Waals surface area contributed by atoms with Gasteiger partial charge in [-0.05, 0) is 50.6 Å². The second kappa shape index (κ2) is 9.28. The number of Topliss-reactive ketones (excluding diaryl/α,β-unsaturated/α-hetero) is 1. The Bertz CT molecular complexity index is 876. The molecule has 1 heterocycles. The average molecular weight is 451 g/mol. The number of halogens is 1. The molecule has 0 unspecified atom stereocenters. The lowest BCUT2D eigenvalue weighted by Crippen LogP contribution is -2.35. The predicted octanol–water partition coefficient (Wildman–Crippen LogP) is 4.50. The lowest BCUT2D eigenvalue weighted by atomic mass is 10.1.